The van der Waals surface area contributed by atoms with Crippen molar-refractivity contribution in [1.82, 2.24) is 5.34 Å². The standard InChI is InChI=1S/C5H9F2NO/c1-4(9)5(2,3)8(6)7/h1-3H3. The molecule has 4 heteroatoms. The summed E-state index contributed by atoms with van der Waals surface area (Å²) in [6.07, 6.45) is 0. The molecule has 0 N–H and O–H groups in total. The highest BCUT2D eigenvalue weighted by Gasteiger charge is 2.32. The first-order valence-electron chi connectivity index (χ1n) is 2.52. The molecule has 0 saturated carbocycles. The predicted molar refractivity (Wildman–Crippen MR) is 28.8 cm³/mol. The molecule has 0 amide bonds. The highest BCUT2D eigenvalue weighted by Crippen LogP contribution is 2.15. The van der Waals surface area contributed by atoms with Gasteiger partial charge >= 0.3 is 0 Å². The SMILES string of the molecule is CC(=O)C(C)(C)N(F)F. The van der Waals surface area contributed by atoms with Crippen LogP contribution in [-0.2, 0) is 4.79 Å². The Kier molecular flexibility index (Phi) is 2.25. The molecule has 0 aromatic rings. The van der Waals surface area contributed by atoms with Crippen LogP contribution < -0.4 is 0 Å². The predicted octanol–water partition coefficient (Wildman–Crippen LogP) is 1.43. The van der Waals surface area contributed by atoms with Gasteiger partial charge in [0.05, 0.1) is 0 Å². The van der Waals surface area contributed by atoms with Crippen molar-refractivity contribution in [3.05, 3.63) is 0 Å². The lowest BCUT2D eigenvalue weighted by molar-refractivity contribution is -0.217. The maximum Gasteiger partial charge on any atom is 0.154 e. The molecule has 0 aliphatic heterocycles. The Morgan fingerprint density at radius 1 is 1.44 bits per heavy atom. The molecular weight excluding hydrogens is 128 g/mol. The average Bonchev–Trinajstić information content (AvgIpc) is 1.65. The van der Waals surface area contributed by atoms with Gasteiger partial charge in [-0.15, -0.1) is 8.96 Å². The topological polar surface area (TPSA) is 20.3 Å². The molecule has 0 bridgehead atoms. The average molecular weight is 137 g/mol. The third kappa shape index (κ3) is 1.71. The fraction of sp³-hybridized carbons (Fsp3) is 0.800. The number of nitrogens with zero attached hydrogens (tertiary/aromatic N) is 1. The largest absolute Gasteiger partial charge is 0.298 e. The van der Waals surface area contributed by atoms with E-state index < -0.39 is 16.7 Å². The van der Waals surface area contributed by atoms with E-state index in [2.05, 4.69) is 0 Å². The van der Waals surface area contributed by atoms with E-state index in [1.54, 1.807) is 0 Å². The number of rotatable bonds is 2. The summed E-state index contributed by atoms with van der Waals surface area (Å²) in [7, 11) is 0. The molecule has 0 unspecified atom stereocenters. The lowest BCUT2D eigenvalue weighted by atomic mass is 10.0. The first-order chi connectivity index (χ1) is 3.89. The third-order valence-corrected chi connectivity index (χ3v) is 1.28. The van der Waals surface area contributed by atoms with Crippen molar-refractivity contribution >= 4 is 5.78 Å². The molecule has 0 aromatic heterocycles. The summed E-state index contributed by atoms with van der Waals surface area (Å²) in [5.41, 5.74) is -1.64. The fourth-order valence-electron chi connectivity index (χ4n) is 0.119. The first-order valence-corrected chi connectivity index (χ1v) is 2.52. The van der Waals surface area contributed by atoms with Gasteiger partial charge in [-0.1, -0.05) is 0 Å². The quantitative estimate of drug-likeness (QED) is 0.536. The van der Waals surface area contributed by atoms with Crippen LogP contribution in [0.3, 0.4) is 0 Å². The molecule has 0 heterocycles. The minimum absolute atomic E-state index is 0.549. The van der Waals surface area contributed by atoms with Crippen molar-refractivity contribution < 1.29 is 13.8 Å². The van der Waals surface area contributed by atoms with E-state index in [4.69, 9.17) is 0 Å². The van der Waals surface area contributed by atoms with E-state index in [1.807, 2.05) is 0 Å². The lowest BCUT2D eigenvalue weighted by Gasteiger charge is -2.19. The summed E-state index contributed by atoms with van der Waals surface area (Å²) in [5, 5.41) is -1.09. The third-order valence-electron chi connectivity index (χ3n) is 1.28. The van der Waals surface area contributed by atoms with Gasteiger partial charge in [0.2, 0.25) is 0 Å². The van der Waals surface area contributed by atoms with Gasteiger partial charge in [0.25, 0.3) is 0 Å². The zero-order valence-corrected chi connectivity index (χ0v) is 5.61. The summed E-state index contributed by atoms with van der Waals surface area (Å²) in [6.45, 7) is 3.46. The highest BCUT2D eigenvalue weighted by atomic mass is 19.4. The number of carbonyl (C=O) groups is 1. The number of halogens is 2. The van der Waals surface area contributed by atoms with Gasteiger partial charge < -0.3 is 0 Å². The Bertz CT molecular complexity index is 122. The van der Waals surface area contributed by atoms with Crippen molar-refractivity contribution in [3.63, 3.8) is 0 Å². The maximum absolute atomic E-state index is 11.7. The smallest absolute Gasteiger partial charge is 0.154 e. The van der Waals surface area contributed by atoms with E-state index in [0.717, 1.165) is 20.8 Å². The van der Waals surface area contributed by atoms with E-state index in [-0.39, 0.29) is 0 Å². The van der Waals surface area contributed by atoms with E-state index in [9.17, 15) is 13.8 Å². The van der Waals surface area contributed by atoms with Crippen LogP contribution >= 0.6 is 0 Å². The van der Waals surface area contributed by atoms with Crippen LogP contribution in [0.1, 0.15) is 20.8 Å². The fourth-order valence-corrected chi connectivity index (χ4v) is 0.119. The minimum atomic E-state index is -1.64. The molecule has 0 spiro atoms. The van der Waals surface area contributed by atoms with Gasteiger partial charge in [-0.2, -0.15) is 0 Å². The molecule has 54 valence electrons. The molecule has 0 saturated heterocycles. The molecule has 0 atom stereocenters. The number of carbonyl (C=O) groups excluding carboxylic acids is 1. The summed E-state index contributed by atoms with van der Waals surface area (Å²) in [5.74, 6) is -0.549. The minimum Gasteiger partial charge on any atom is -0.298 e. The van der Waals surface area contributed by atoms with Crippen molar-refractivity contribution in [2.45, 2.75) is 26.3 Å². The van der Waals surface area contributed by atoms with Crippen LogP contribution in [-0.4, -0.2) is 16.7 Å². The second-order valence-corrected chi connectivity index (χ2v) is 2.35. The second-order valence-electron chi connectivity index (χ2n) is 2.35. The van der Waals surface area contributed by atoms with Crippen LogP contribution in [0.5, 0.6) is 0 Å². The van der Waals surface area contributed by atoms with Gasteiger partial charge in [0.1, 0.15) is 5.54 Å². The number of hydrogen-bond acceptors (Lipinski definition) is 2. The van der Waals surface area contributed by atoms with Gasteiger partial charge in [-0.25, -0.2) is 0 Å². The highest BCUT2D eigenvalue weighted by molar-refractivity contribution is 5.84. The van der Waals surface area contributed by atoms with Gasteiger partial charge in [-0.05, 0) is 20.8 Å². The molecular formula is C5H9F2NO. The van der Waals surface area contributed by atoms with Crippen LogP contribution in [0.15, 0.2) is 0 Å². The summed E-state index contributed by atoms with van der Waals surface area (Å²) < 4.78 is 23.4. The van der Waals surface area contributed by atoms with Crippen LogP contribution in [0.25, 0.3) is 0 Å². The number of ketones is 1. The maximum atomic E-state index is 11.7. The molecule has 0 aromatic carbocycles. The Labute approximate surface area is 52.3 Å². The van der Waals surface area contributed by atoms with E-state index in [1.165, 1.54) is 0 Å². The number of Topliss-reactive ketones (excluding diaryl/α,β-unsaturated/α-hetero) is 1. The molecule has 0 fully saturated rings. The van der Waals surface area contributed by atoms with Crippen molar-refractivity contribution in [1.29, 1.82) is 0 Å². The summed E-state index contributed by atoms with van der Waals surface area (Å²) >= 11 is 0. The summed E-state index contributed by atoms with van der Waals surface area (Å²) in [4.78, 5) is 10.4. The zero-order valence-electron chi connectivity index (χ0n) is 5.61. The van der Waals surface area contributed by atoms with E-state index >= 15 is 0 Å². The molecule has 0 aliphatic carbocycles. The zero-order chi connectivity index (χ0) is 7.65. The lowest BCUT2D eigenvalue weighted by Crippen LogP contribution is -2.39. The molecule has 0 aliphatic rings. The van der Waals surface area contributed by atoms with Crippen LogP contribution in [0.2, 0.25) is 0 Å². The molecule has 0 rings (SSSR count). The normalized spacial score (nSPS) is 12.2. The van der Waals surface area contributed by atoms with Gasteiger partial charge in [-0.3, -0.25) is 4.79 Å². The van der Waals surface area contributed by atoms with Crippen molar-refractivity contribution in [3.8, 4) is 0 Å². The summed E-state index contributed by atoms with van der Waals surface area (Å²) in [6, 6.07) is 0. The van der Waals surface area contributed by atoms with Crippen molar-refractivity contribution in [2.75, 3.05) is 0 Å². The monoisotopic (exact) mass is 137 g/mol. The van der Waals surface area contributed by atoms with Crippen LogP contribution in [0.4, 0.5) is 8.96 Å². The molecule has 2 nitrogen and oxygen atoms in total. The van der Waals surface area contributed by atoms with Crippen LogP contribution in [0, 0.1) is 0 Å². The molecule has 9 heavy (non-hydrogen) atoms. The van der Waals surface area contributed by atoms with Gasteiger partial charge in [0, 0.05) is 5.34 Å². The Morgan fingerprint density at radius 2 is 1.78 bits per heavy atom. The Balaban J connectivity index is 4.19. The first kappa shape index (κ1) is 8.49. The second kappa shape index (κ2) is 2.39. The Hall–Kier alpha value is -0.510. The van der Waals surface area contributed by atoms with Crippen molar-refractivity contribution in [2.24, 2.45) is 0 Å². The van der Waals surface area contributed by atoms with Gasteiger partial charge in [0.15, 0.2) is 5.78 Å². The number of hydrogen-bond donors (Lipinski definition) is 0. The van der Waals surface area contributed by atoms with E-state index in [0.29, 0.717) is 0 Å². The Morgan fingerprint density at radius 3 is 1.78 bits per heavy atom. The molecule has 0 radical (unpaired) electrons.